The molecule has 3 aliphatic carbocycles. The van der Waals surface area contributed by atoms with Gasteiger partial charge in [0.15, 0.2) is 10.0 Å². The number of carbonyl (C=O) groups excluding carboxylic acids is 1. The highest BCUT2D eigenvalue weighted by Crippen LogP contribution is 2.53. The maximum absolute atomic E-state index is 14.4. The van der Waals surface area contributed by atoms with Crippen molar-refractivity contribution in [2.45, 2.75) is 61.8 Å². The summed E-state index contributed by atoms with van der Waals surface area (Å²) in [5.74, 6) is 3.26. The van der Waals surface area contributed by atoms with Gasteiger partial charge in [-0.25, -0.2) is 27.6 Å². The monoisotopic (exact) mass is 644 g/mol. The zero-order valence-corrected chi connectivity index (χ0v) is 25.3. The van der Waals surface area contributed by atoms with Crippen LogP contribution >= 0.6 is 11.3 Å². The Kier molecular flexibility index (Phi) is 6.75. The molecule has 3 aromatic heterocycles. The molecule has 3 heterocycles. The summed E-state index contributed by atoms with van der Waals surface area (Å²) in [5, 5.41) is 4.67. The molecule has 8 nitrogen and oxygen atoms in total. The number of ketones is 1. The summed E-state index contributed by atoms with van der Waals surface area (Å²) in [6.07, 6.45) is 5.97. The summed E-state index contributed by atoms with van der Waals surface area (Å²) >= 11 is 0.346. The molecule has 230 valence electrons. The van der Waals surface area contributed by atoms with Crippen LogP contribution in [0, 0.1) is 11.2 Å². The molecule has 1 unspecified atom stereocenters. The number of thiazole rings is 1. The summed E-state index contributed by atoms with van der Waals surface area (Å²) in [6, 6.07) is 5.55. The van der Waals surface area contributed by atoms with Gasteiger partial charge in [-0.1, -0.05) is 5.57 Å². The topological polar surface area (TPSA) is 85.9 Å². The average molecular weight is 645 g/mol. The van der Waals surface area contributed by atoms with Crippen LogP contribution in [-0.2, 0) is 29.4 Å². The van der Waals surface area contributed by atoms with Crippen molar-refractivity contribution in [3.05, 3.63) is 81.7 Å². The van der Waals surface area contributed by atoms with Crippen LogP contribution in [-0.4, -0.2) is 56.6 Å². The molecule has 3 aliphatic rings. The van der Waals surface area contributed by atoms with Crippen LogP contribution in [0.1, 0.15) is 58.0 Å². The molecular weight excluding hydrogens is 616 g/mol. The Labute approximate surface area is 255 Å². The molecule has 0 spiro atoms. The van der Waals surface area contributed by atoms with Gasteiger partial charge in [-0.15, -0.1) is 11.3 Å². The fourth-order valence-corrected chi connectivity index (χ4v) is 9.51. The maximum atomic E-state index is 14.4. The number of imidazole rings is 1. The minimum absolute atomic E-state index is 0.00163. The summed E-state index contributed by atoms with van der Waals surface area (Å²) in [5.41, 5.74) is 1.65. The van der Waals surface area contributed by atoms with Crippen LogP contribution in [0.25, 0.3) is 11.8 Å². The Morgan fingerprint density at radius 3 is 2.52 bits per heavy atom. The molecule has 3 atom stereocenters. The number of aromatic nitrogens is 5. The predicted octanol–water partition coefficient (Wildman–Crippen LogP) is 5.74. The number of hydrogen-bond donors (Lipinski definition) is 0. The molecule has 0 radical (unpaired) electrons. The second-order valence-corrected chi connectivity index (χ2v) is 14.9. The van der Waals surface area contributed by atoms with Gasteiger partial charge in [0.05, 0.1) is 45.2 Å². The van der Waals surface area contributed by atoms with E-state index in [9.17, 15) is 26.6 Å². The first-order valence-electron chi connectivity index (χ1n) is 14.1. The van der Waals surface area contributed by atoms with Gasteiger partial charge in [0, 0.05) is 25.3 Å². The third-order valence-corrected chi connectivity index (χ3v) is 11.9. The second-order valence-electron chi connectivity index (χ2n) is 11.7. The number of rotatable bonds is 7. The Morgan fingerprint density at radius 2 is 1.89 bits per heavy atom. The quantitative estimate of drug-likeness (QED) is 0.146. The number of aryl methyl sites for hydroxylation is 1. The molecule has 14 heteroatoms. The maximum Gasteiger partial charge on any atom is 0.427 e. The van der Waals surface area contributed by atoms with Crippen LogP contribution in [0.15, 0.2) is 59.8 Å². The van der Waals surface area contributed by atoms with Gasteiger partial charge in [0.25, 0.3) is 0 Å². The van der Waals surface area contributed by atoms with Gasteiger partial charge in [-0.3, -0.25) is 4.79 Å². The molecule has 2 fully saturated rings. The molecule has 0 amide bonds. The normalized spacial score (nSPS) is 23.1. The van der Waals surface area contributed by atoms with Crippen molar-refractivity contribution in [1.29, 1.82) is 0 Å². The molecule has 2 saturated carbocycles. The van der Waals surface area contributed by atoms with Crippen molar-refractivity contribution in [3.63, 3.8) is 0 Å². The fraction of sp³-hybridized carbons (Fsp3) is 0.367. The third-order valence-electron chi connectivity index (χ3n) is 8.74. The second kappa shape index (κ2) is 10.2. The highest BCUT2D eigenvalue weighted by molar-refractivity contribution is 7.98. The highest BCUT2D eigenvalue weighted by Gasteiger charge is 2.53. The van der Waals surface area contributed by atoms with Crippen LogP contribution in [0.4, 0.5) is 17.6 Å². The molecule has 0 bridgehead atoms. The summed E-state index contributed by atoms with van der Waals surface area (Å²) in [4.78, 5) is 21.8. The number of halogens is 4. The van der Waals surface area contributed by atoms with Gasteiger partial charge in [0.1, 0.15) is 10.7 Å². The Morgan fingerprint density at radius 1 is 1.14 bits per heavy atom. The van der Waals surface area contributed by atoms with Gasteiger partial charge < -0.3 is 4.57 Å². The van der Waals surface area contributed by atoms with E-state index in [-0.39, 0.29) is 35.8 Å². The zero-order chi connectivity index (χ0) is 31.0. The van der Waals surface area contributed by atoms with E-state index < -0.39 is 32.0 Å². The van der Waals surface area contributed by atoms with Gasteiger partial charge in [-0.05, 0) is 80.3 Å². The van der Waals surface area contributed by atoms with E-state index in [1.54, 1.807) is 47.2 Å². The van der Waals surface area contributed by atoms with Crippen molar-refractivity contribution in [2.75, 3.05) is 0 Å². The Bertz CT molecular complexity index is 1900. The summed E-state index contributed by atoms with van der Waals surface area (Å²) in [6.45, 7) is 0. The van der Waals surface area contributed by atoms with Crippen LogP contribution in [0.5, 0.6) is 0 Å². The molecule has 0 aliphatic heterocycles. The Balaban J connectivity index is 1.32. The number of benzene rings is 1. The number of fused-ring (bicyclic) bond motifs is 2. The average Bonchev–Trinajstić information content (AvgIpc) is 3.34. The fourth-order valence-electron chi connectivity index (χ4n) is 6.57. The first-order valence-corrected chi connectivity index (χ1v) is 16.6. The molecule has 0 N–H and O–H groups in total. The van der Waals surface area contributed by atoms with Crippen molar-refractivity contribution in [3.8, 4) is 5.69 Å². The van der Waals surface area contributed by atoms with E-state index >= 15 is 0 Å². The summed E-state index contributed by atoms with van der Waals surface area (Å²) in [7, 11) is -1.24. The van der Waals surface area contributed by atoms with E-state index in [0.29, 0.717) is 41.1 Å². The van der Waals surface area contributed by atoms with Crippen molar-refractivity contribution < 1.29 is 26.6 Å². The minimum atomic E-state index is -4.62. The third kappa shape index (κ3) is 4.83. The van der Waals surface area contributed by atoms with E-state index in [1.807, 2.05) is 10.4 Å². The van der Waals surface area contributed by atoms with E-state index in [2.05, 4.69) is 20.9 Å². The SMILES string of the molecule is C=S(=O)(c1cn(C)cn1)N(C1CC1)[C@H]1CCC2=Cc3c(cnn3-c3ccc(F)cc3)C[C@]2(C(=O)c2ncc(C(F)(F)F)s2)C1. The van der Waals surface area contributed by atoms with Crippen molar-refractivity contribution in [2.24, 2.45) is 12.5 Å². The lowest BCUT2D eigenvalue weighted by molar-refractivity contribution is -0.134. The number of allylic oxidation sites excluding steroid dienone is 1. The van der Waals surface area contributed by atoms with Crippen molar-refractivity contribution in [1.82, 2.24) is 28.6 Å². The molecule has 44 heavy (non-hydrogen) atoms. The molecule has 7 rings (SSSR count). The molecule has 0 saturated heterocycles. The van der Waals surface area contributed by atoms with E-state index in [0.717, 1.165) is 29.7 Å². The van der Waals surface area contributed by atoms with E-state index in [4.69, 9.17) is 0 Å². The van der Waals surface area contributed by atoms with E-state index in [1.165, 1.54) is 12.1 Å². The molecular formula is C30H28F4N6O2S2. The smallest absolute Gasteiger partial charge is 0.339 e. The van der Waals surface area contributed by atoms with Crippen LogP contribution < -0.4 is 0 Å². The van der Waals surface area contributed by atoms with Gasteiger partial charge in [0.2, 0.25) is 5.78 Å². The number of Topliss-reactive ketones (excluding diaryl/α,β-unsaturated/α-hetero) is 1. The lowest BCUT2D eigenvalue weighted by atomic mass is 9.61. The first-order chi connectivity index (χ1) is 20.9. The number of alkyl halides is 3. The molecule has 1 aromatic carbocycles. The lowest BCUT2D eigenvalue weighted by Crippen LogP contribution is -2.51. The summed E-state index contributed by atoms with van der Waals surface area (Å²) < 4.78 is 73.9. The zero-order valence-electron chi connectivity index (χ0n) is 23.6. The first kappa shape index (κ1) is 29.1. The molecule has 4 aromatic rings. The number of carbonyl (C=O) groups is 1. The predicted molar refractivity (Wildman–Crippen MR) is 158 cm³/mol. The van der Waals surface area contributed by atoms with Crippen LogP contribution in [0.2, 0.25) is 0 Å². The Hall–Kier alpha value is -3.62. The lowest BCUT2D eigenvalue weighted by Gasteiger charge is -2.47. The minimum Gasteiger partial charge on any atom is -0.339 e. The standard InChI is InChI=1S/C30H28F4N6O2S2/c1-38-16-26(36-17-38)44(2,42)40(22-9-10-22)23-6-3-19-11-24-18(14-37-39(24)21-7-4-20(31)5-8-21)12-29(19,13-23)27(41)28-35-15-25(43-28)30(32,33)34/h4-5,7-8,11,14-17,22-23H,2-3,6,9-10,12-13H2,1H3/t23-,29-,44?/m0/s1. The number of hydrogen-bond acceptors (Lipinski definition) is 6. The van der Waals surface area contributed by atoms with Crippen molar-refractivity contribution >= 4 is 38.8 Å². The largest absolute Gasteiger partial charge is 0.427 e. The highest BCUT2D eigenvalue weighted by atomic mass is 32.2. The van der Waals surface area contributed by atoms with Gasteiger partial charge >= 0.3 is 6.18 Å². The van der Waals surface area contributed by atoms with Gasteiger partial charge in [-0.2, -0.15) is 18.3 Å². The van der Waals surface area contributed by atoms with Crippen LogP contribution in [0.3, 0.4) is 0 Å². The number of nitrogens with zero attached hydrogens (tertiary/aromatic N) is 6.